The Balaban J connectivity index is 1.49. The number of nitrogens with zero attached hydrogens (tertiary/aromatic N) is 4. The Kier molecular flexibility index (Phi) is 6.15. The molecule has 30 heavy (non-hydrogen) atoms. The molecule has 1 atom stereocenters. The lowest BCUT2D eigenvalue weighted by Crippen LogP contribution is -2.37. The first-order chi connectivity index (χ1) is 14.4. The van der Waals surface area contributed by atoms with Gasteiger partial charge in [-0.1, -0.05) is 6.07 Å². The van der Waals surface area contributed by atoms with Crippen molar-refractivity contribution in [2.75, 3.05) is 33.9 Å². The fraction of sp³-hybridized carbons (Fsp3) is 0.545. The first kappa shape index (κ1) is 20.9. The van der Waals surface area contributed by atoms with Gasteiger partial charge in [0.2, 0.25) is 5.91 Å². The molecule has 0 N–H and O–H groups in total. The molecule has 8 heteroatoms. The highest BCUT2D eigenvalue weighted by molar-refractivity contribution is 5.76. The number of rotatable bonds is 8. The van der Waals surface area contributed by atoms with Crippen LogP contribution in [0.3, 0.4) is 0 Å². The van der Waals surface area contributed by atoms with Crippen LogP contribution in [0.15, 0.2) is 24.5 Å². The molecule has 0 saturated heterocycles. The second-order valence-corrected chi connectivity index (χ2v) is 8.59. The van der Waals surface area contributed by atoms with E-state index in [1.54, 1.807) is 20.2 Å². The summed E-state index contributed by atoms with van der Waals surface area (Å²) >= 11 is 0. The fourth-order valence-corrected chi connectivity index (χ4v) is 3.99. The second-order valence-electron chi connectivity index (χ2n) is 8.59. The molecule has 162 valence electrons. The maximum absolute atomic E-state index is 13.6. The molecule has 1 fully saturated rings. The van der Waals surface area contributed by atoms with Gasteiger partial charge in [-0.3, -0.25) is 9.69 Å². The van der Waals surface area contributed by atoms with Gasteiger partial charge in [0, 0.05) is 51.9 Å². The monoisotopic (exact) mass is 418 g/mol. The highest BCUT2D eigenvalue weighted by Gasteiger charge is 2.32. The van der Waals surface area contributed by atoms with Crippen LogP contribution >= 0.6 is 0 Å². The molecule has 6 nitrogen and oxygen atoms in total. The maximum Gasteiger partial charge on any atom is 0.248 e. The number of imidazole rings is 1. The summed E-state index contributed by atoms with van der Waals surface area (Å²) in [6, 6.07) is 4.02. The SMILES string of the molecule is CN(C)C(=O)COCC1CN(Cc2ccc(F)c(F)c2)Cc2ncn(CC3CC3)c21. The average molecular weight is 418 g/mol. The molecule has 1 aromatic carbocycles. The Morgan fingerprint density at radius 1 is 1.27 bits per heavy atom. The number of fused-ring (bicyclic) bond motifs is 1. The minimum atomic E-state index is -0.838. The zero-order valence-corrected chi connectivity index (χ0v) is 17.5. The summed E-state index contributed by atoms with van der Waals surface area (Å²) in [5.41, 5.74) is 2.90. The zero-order valence-electron chi connectivity index (χ0n) is 17.5. The molecule has 2 aliphatic rings. The molecule has 2 aromatic rings. The fourth-order valence-electron chi connectivity index (χ4n) is 3.99. The lowest BCUT2D eigenvalue weighted by molar-refractivity contribution is -0.133. The maximum atomic E-state index is 13.6. The van der Waals surface area contributed by atoms with Crippen molar-refractivity contribution >= 4 is 5.91 Å². The van der Waals surface area contributed by atoms with Gasteiger partial charge in [-0.2, -0.15) is 0 Å². The Labute approximate surface area is 175 Å². The number of carbonyl (C=O) groups is 1. The number of carbonyl (C=O) groups excluding carboxylic acids is 1. The number of hydrogen-bond acceptors (Lipinski definition) is 4. The highest BCUT2D eigenvalue weighted by atomic mass is 19.2. The van der Waals surface area contributed by atoms with Crippen molar-refractivity contribution in [2.45, 2.75) is 38.4 Å². The van der Waals surface area contributed by atoms with E-state index in [9.17, 15) is 13.6 Å². The highest BCUT2D eigenvalue weighted by Crippen LogP contribution is 2.34. The number of benzene rings is 1. The molecule has 1 amide bonds. The van der Waals surface area contributed by atoms with Crippen LogP contribution in [0.2, 0.25) is 0 Å². The number of amides is 1. The zero-order chi connectivity index (χ0) is 21.3. The summed E-state index contributed by atoms with van der Waals surface area (Å²) in [6.45, 7) is 3.28. The van der Waals surface area contributed by atoms with Gasteiger partial charge in [-0.15, -0.1) is 0 Å². The van der Waals surface area contributed by atoms with Gasteiger partial charge in [0.15, 0.2) is 11.6 Å². The minimum absolute atomic E-state index is 0.0404. The Morgan fingerprint density at radius 2 is 2.07 bits per heavy atom. The molecule has 1 aromatic heterocycles. The summed E-state index contributed by atoms with van der Waals surface area (Å²) < 4.78 is 34.9. The van der Waals surface area contributed by atoms with Gasteiger partial charge >= 0.3 is 0 Å². The van der Waals surface area contributed by atoms with Crippen LogP contribution in [0.25, 0.3) is 0 Å². The molecule has 2 heterocycles. The number of ether oxygens (including phenoxy) is 1. The summed E-state index contributed by atoms with van der Waals surface area (Å²) in [5.74, 6) is -0.955. The van der Waals surface area contributed by atoms with E-state index in [-0.39, 0.29) is 18.4 Å². The lowest BCUT2D eigenvalue weighted by Gasteiger charge is -2.33. The van der Waals surface area contributed by atoms with Crippen LogP contribution in [-0.2, 0) is 29.2 Å². The molecule has 1 aliphatic carbocycles. The number of likely N-dealkylation sites (N-methyl/N-ethyl adjacent to an activating group) is 1. The van der Waals surface area contributed by atoms with Crippen molar-refractivity contribution in [1.29, 1.82) is 0 Å². The summed E-state index contributed by atoms with van der Waals surface area (Å²) in [6.07, 6.45) is 4.42. The molecular formula is C22H28F2N4O2. The number of aromatic nitrogens is 2. The number of hydrogen-bond donors (Lipinski definition) is 0. The van der Waals surface area contributed by atoms with Crippen LogP contribution in [0.4, 0.5) is 8.78 Å². The van der Waals surface area contributed by atoms with Crippen molar-refractivity contribution in [3.63, 3.8) is 0 Å². The lowest BCUT2D eigenvalue weighted by atomic mass is 9.98. The minimum Gasteiger partial charge on any atom is -0.371 e. The first-order valence-electron chi connectivity index (χ1n) is 10.4. The Bertz CT molecular complexity index is 911. The van der Waals surface area contributed by atoms with E-state index in [0.29, 0.717) is 26.2 Å². The van der Waals surface area contributed by atoms with Crippen LogP contribution in [-0.4, -0.2) is 59.1 Å². The van der Waals surface area contributed by atoms with Crippen LogP contribution in [0, 0.1) is 17.6 Å². The van der Waals surface area contributed by atoms with E-state index in [1.165, 1.54) is 29.5 Å². The van der Waals surface area contributed by atoms with Gasteiger partial charge in [-0.25, -0.2) is 13.8 Å². The number of halogens is 2. The van der Waals surface area contributed by atoms with Crippen molar-refractivity contribution in [1.82, 2.24) is 19.4 Å². The van der Waals surface area contributed by atoms with Crippen molar-refractivity contribution < 1.29 is 18.3 Å². The molecule has 1 saturated carbocycles. The van der Waals surface area contributed by atoms with Crippen LogP contribution in [0.5, 0.6) is 0 Å². The third-order valence-electron chi connectivity index (χ3n) is 5.78. The normalized spacial score (nSPS) is 19.0. The second kappa shape index (κ2) is 8.81. The quantitative estimate of drug-likeness (QED) is 0.662. The van der Waals surface area contributed by atoms with E-state index in [0.717, 1.165) is 29.8 Å². The smallest absolute Gasteiger partial charge is 0.248 e. The third kappa shape index (κ3) is 4.87. The predicted octanol–water partition coefficient (Wildman–Crippen LogP) is 2.78. The largest absolute Gasteiger partial charge is 0.371 e. The van der Waals surface area contributed by atoms with Gasteiger partial charge in [0.25, 0.3) is 0 Å². The summed E-state index contributed by atoms with van der Waals surface area (Å²) in [7, 11) is 3.41. The average Bonchev–Trinajstić information content (AvgIpc) is 3.43. The predicted molar refractivity (Wildman–Crippen MR) is 108 cm³/mol. The molecule has 0 spiro atoms. The van der Waals surface area contributed by atoms with E-state index in [2.05, 4.69) is 14.5 Å². The van der Waals surface area contributed by atoms with Gasteiger partial charge in [0.1, 0.15) is 6.61 Å². The van der Waals surface area contributed by atoms with E-state index >= 15 is 0 Å². The van der Waals surface area contributed by atoms with E-state index < -0.39 is 11.6 Å². The Hall–Kier alpha value is -2.32. The summed E-state index contributed by atoms with van der Waals surface area (Å²) in [4.78, 5) is 20.2. The van der Waals surface area contributed by atoms with Crippen molar-refractivity contribution in [3.8, 4) is 0 Å². The van der Waals surface area contributed by atoms with Crippen LogP contribution < -0.4 is 0 Å². The van der Waals surface area contributed by atoms with Gasteiger partial charge in [0.05, 0.1) is 18.6 Å². The third-order valence-corrected chi connectivity index (χ3v) is 5.78. The molecule has 0 radical (unpaired) electrons. The standard InChI is InChI=1S/C22H28F2N4O2/c1-26(2)21(29)13-30-12-17-10-27(8-16-5-6-18(23)19(24)7-16)11-20-22(17)28(14-25-20)9-15-3-4-15/h5-7,14-15,17H,3-4,8-13H2,1-2H3. The van der Waals surface area contributed by atoms with Crippen molar-refractivity contribution in [3.05, 3.63) is 53.1 Å². The van der Waals surface area contributed by atoms with Crippen LogP contribution in [0.1, 0.15) is 35.7 Å². The van der Waals surface area contributed by atoms with Gasteiger partial charge in [-0.05, 0) is 36.5 Å². The first-order valence-corrected chi connectivity index (χ1v) is 10.4. The van der Waals surface area contributed by atoms with E-state index in [4.69, 9.17) is 4.74 Å². The Morgan fingerprint density at radius 3 is 2.77 bits per heavy atom. The molecule has 1 unspecified atom stereocenters. The molecule has 4 rings (SSSR count). The molecular weight excluding hydrogens is 390 g/mol. The molecule has 1 aliphatic heterocycles. The molecule has 0 bridgehead atoms. The topological polar surface area (TPSA) is 50.6 Å². The van der Waals surface area contributed by atoms with E-state index in [1.807, 2.05) is 6.33 Å². The summed E-state index contributed by atoms with van der Waals surface area (Å²) in [5, 5.41) is 0. The van der Waals surface area contributed by atoms with Crippen molar-refractivity contribution in [2.24, 2.45) is 5.92 Å². The van der Waals surface area contributed by atoms with Gasteiger partial charge < -0.3 is 14.2 Å².